The molecular formula is C13H19N5O2S. The molecular weight excluding hydrogens is 290 g/mol. The van der Waals surface area contributed by atoms with Crippen LogP contribution in [0.15, 0.2) is 0 Å². The van der Waals surface area contributed by atoms with Gasteiger partial charge in [-0.25, -0.2) is 0 Å². The van der Waals surface area contributed by atoms with Crippen molar-refractivity contribution in [2.24, 2.45) is 0 Å². The molecule has 0 saturated carbocycles. The molecule has 2 saturated heterocycles. The smallest absolute Gasteiger partial charge is 0.234 e. The Morgan fingerprint density at radius 2 is 2.33 bits per heavy atom. The second-order valence-corrected chi connectivity index (χ2v) is 6.49. The number of likely N-dealkylation sites (N-methyl/N-ethyl adjacent to an activating group) is 1. The highest BCUT2D eigenvalue weighted by molar-refractivity contribution is 7.16. The third-order valence-electron chi connectivity index (χ3n) is 4.11. The molecule has 3 atom stereocenters. The van der Waals surface area contributed by atoms with E-state index in [9.17, 15) is 0 Å². The molecule has 0 aliphatic carbocycles. The highest BCUT2D eigenvalue weighted by Gasteiger charge is 2.33. The molecule has 0 radical (unpaired) electrons. The molecule has 8 heteroatoms. The van der Waals surface area contributed by atoms with E-state index in [1.807, 2.05) is 4.52 Å². The quantitative estimate of drug-likeness (QED) is 0.912. The summed E-state index contributed by atoms with van der Waals surface area (Å²) in [6.07, 6.45) is 2.12. The van der Waals surface area contributed by atoms with E-state index < -0.39 is 0 Å². The fourth-order valence-corrected chi connectivity index (χ4v) is 4.04. The van der Waals surface area contributed by atoms with Crippen molar-refractivity contribution in [3.05, 3.63) is 10.8 Å². The van der Waals surface area contributed by atoms with E-state index in [1.54, 1.807) is 11.3 Å². The molecule has 2 fully saturated rings. The third-order valence-corrected chi connectivity index (χ3v) is 5.14. The van der Waals surface area contributed by atoms with Crippen LogP contribution in [0.1, 0.15) is 42.6 Å². The molecule has 3 unspecified atom stereocenters. The first-order valence-corrected chi connectivity index (χ1v) is 8.33. The maximum Gasteiger partial charge on any atom is 0.234 e. The molecule has 0 amide bonds. The molecule has 7 nitrogen and oxygen atoms in total. The minimum Gasteiger partial charge on any atom is -0.379 e. The number of fused-ring (bicyclic) bond motifs is 1. The summed E-state index contributed by atoms with van der Waals surface area (Å²) < 4.78 is 13.2. The van der Waals surface area contributed by atoms with Gasteiger partial charge in [-0.2, -0.15) is 9.61 Å². The maximum absolute atomic E-state index is 5.70. The van der Waals surface area contributed by atoms with E-state index in [-0.39, 0.29) is 6.10 Å². The summed E-state index contributed by atoms with van der Waals surface area (Å²) in [4.78, 5) is 0.845. The zero-order valence-corrected chi connectivity index (χ0v) is 12.8. The Hall–Kier alpha value is -1.09. The highest BCUT2D eigenvalue weighted by Crippen LogP contribution is 2.32. The van der Waals surface area contributed by atoms with Crippen LogP contribution >= 0.6 is 11.3 Å². The van der Waals surface area contributed by atoms with Gasteiger partial charge in [-0.3, -0.25) is 0 Å². The minimum absolute atomic E-state index is 0.0411. The summed E-state index contributed by atoms with van der Waals surface area (Å²) in [5, 5.41) is 17.8. The highest BCUT2D eigenvalue weighted by atomic mass is 32.1. The van der Waals surface area contributed by atoms with Gasteiger partial charge >= 0.3 is 0 Å². The van der Waals surface area contributed by atoms with Gasteiger partial charge in [0.05, 0.1) is 19.1 Å². The Morgan fingerprint density at radius 1 is 1.38 bits per heavy atom. The van der Waals surface area contributed by atoms with E-state index in [2.05, 4.69) is 22.4 Å². The van der Waals surface area contributed by atoms with Crippen molar-refractivity contribution in [3.63, 3.8) is 0 Å². The Morgan fingerprint density at radius 3 is 3.14 bits per heavy atom. The fourth-order valence-electron chi connectivity index (χ4n) is 3.04. The third kappa shape index (κ3) is 2.36. The molecule has 0 aromatic carbocycles. The van der Waals surface area contributed by atoms with E-state index in [0.29, 0.717) is 12.0 Å². The summed E-state index contributed by atoms with van der Waals surface area (Å²) in [5.74, 6) is 1.14. The maximum atomic E-state index is 5.70. The molecule has 2 aliphatic heterocycles. The lowest BCUT2D eigenvalue weighted by molar-refractivity contribution is 0.103. The van der Waals surface area contributed by atoms with Gasteiger partial charge in [0.15, 0.2) is 5.82 Å². The predicted molar refractivity (Wildman–Crippen MR) is 77.6 cm³/mol. The van der Waals surface area contributed by atoms with Crippen LogP contribution in [0.25, 0.3) is 4.96 Å². The van der Waals surface area contributed by atoms with Crippen LogP contribution in [0.5, 0.6) is 0 Å². The summed E-state index contributed by atoms with van der Waals surface area (Å²) in [5.41, 5.74) is 0. The van der Waals surface area contributed by atoms with Gasteiger partial charge in [0.25, 0.3) is 0 Å². The molecule has 114 valence electrons. The van der Waals surface area contributed by atoms with Gasteiger partial charge in [-0.15, -0.1) is 10.2 Å². The number of nitrogens with zero attached hydrogens (tertiary/aromatic N) is 4. The number of hydrogen-bond acceptors (Lipinski definition) is 7. The first kappa shape index (κ1) is 13.6. The molecule has 4 rings (SSSR count). The van der Waals surface area contributed by atoms with Crippen molar-refractivity contribution in [2.45, 2.75) is 37.8 Å². The van der Waals surface area contributed by atoms with E-state index in [0.717, 1.165) is 55.0 Å². The molecule has 2 aliphatic rings. The zero-order chi connectivity index (χ0) is 14.2. The monoisotopic (exact) mass is 309 g/mol. The van der Waals surface area contributed by atoms with E-state index >= 15 is 0 Å². The molecule has 2 aromatic rings. The van der Waals surface area contributed by atoms with Crippen LogP contribution in [0.4, 0.5) is 0 Å². The van der Waals surface area contributed by atoms with Crippen molar-refractivity contribution >= 4 is 16.3 Å². The number of nitrogens with one attached hydrogen (secondary N) is 1. The fraction of sp³-hybridized carbons (Fsp3) is 0.769. The van der Waals surface area contributed by atoms with E-state index in [1.165, 1.54) is 0 Å². The first-order valence-electron chi connectivity index (χ1n) is 7.51. The van der Waals surface area contributed by atoms with Crippen LogP contribution in [0.2, 0.25) is 0 Å². The standard InChI is InChI=1S/C13H19N5O2S/c1-2-14-9-7-19-6-8(9)12-17-18-11(10-4-3-5-20-10)15-16-13(18)21-12/h8-10,14H,2-7H2,1H3. The number of hydrogen-bond donors (Lipinski definition) is 1. The average Bonchev–Trinajstić information content (AvgIpc) is 3.22. The average molecular weight is 309 g/mol. The SMILES string of the molecule is CCNC1COCC1c1nn2c(C3CCCO3)nnc2s1. The number of rotatable bonds is 4. The van der Waals surface area contributed by atoms with Gasteiger partial charge in [0.2, 0.25) is 4.96 Å². The van der Waals surface area contributed by atoms with Crippen LogP contribution in [0, 0.1) is 0 Å². The molecule has 21 heavy (non-hydrogen) atoms. The lowest BCUT2D eigenvalue weighted by atomic mass is 10.1. The number of ether oxygens (including phenoxy) is 2. The Labute approximate surface area is 126 Å². The van der Waals surface area contributed by atoms with Gasteiger partial charge in [-0.05, 0) is 19.4 Å². The van der Waals surface area contributed by atoms with Crippen LogP contribution < -0.4 is 5.32 Å². The van der Waals surface area contributed by atoms with Crippen LogP contribution in [0.3, 0.4) is 0 Å². The Kier molecular flexibility index (Phi) is 3.62. The second kappa shape index (κ2) is 5.60. The summed E-state index contributed by atoms with van der Waals surface area (Å²) in [6.45, 7) is 5.32. The van der Waals surface area contributed by atoms with Crippen molar-refractivity contribution < 1.29 is 9.47 Å². The van der Waals surface area contributed by atoms with Crippen molar-refractivity contribution in [2.75, 3.05) is 26.4 Å². The van der Waals surface area contributed by atoms with Crippen molar-refractivity contribution in [3.8, 4) is 0 Å². The molecule has 1 N–H and O–H groups in total. The van der Waals surface area contributed by atoms with Crippen molar-refractivity contribution in [1.29, 1.82) is 0 Å². The van der Waals surface area contributed by atoms with Crippen LogP contribution in [-0.4, -0.2) is 52.2 Å². The van der Waals surface area contributed by atoms with E-state index in [4.69, 9.17) is 14.6 Å². The lowest BCUT2D eigenvalue weighted by Crippen LogP contribution is -2.34. The molecule has 0 bridgehead atoms. The summed E-state index contributed by atoms with van der Waals surface area (Å²) in [6, 6.07) is 0.338. The van der Waals surface area contributed by atoms with Gasteiger partial charge in [0, 0.05) is 12.6 Å². The zero-order valence-electron chi connectivity index (χ0n) is 12.0. The van der Waals surface area contributed by atoms with Crippen molar-refractivity contribution in [1.82, 2.24) is 25.1 Å². The number of aromatic nitrogens is 4. The van der Waals surface area contributed by atoms with Gasteiger partial charge in [0.1, 0.15) is 11.1 Å². The normalized spacial score (nSPS) is 29.7. The Balaban J connectivity index is 1.64. The minimum atomic E-state index is 0.0411. The summed E-state index contributed by atoms with van der Waals surface area (Å²) in [7, 11) is 0. The summed E-state index contributed by atoms with van der Waals surface area (Å²) >= 11 is 1.61. The van der Waals surface area contributed by atoms with Gasteiger partial charge < -0.3 is 14.8 Å². The first-order chi connectivity index (χ1) is 10.4. The predicted octanol–water partition coefficient (Wildman–Crippen LogP) is 1.13. The molecule has 4 heterocycles. The lowest BCUT2D eigenvalue weighted by Gasteiger charge is -2.15. The van der Waals surface area contributed by atoms with Gasteiger partial charge in [-0.1, -0.05) is 18.3 Å². The second-order valence-electron chi connectivity index (χ2n) is 5.50. The largest absolute Gasteiger partial charge is 0.379 e. The topological polar surface area (TPSA) is 73.6 Å². The molecule has 0 spiro atoms. The molecule has 2 aromatic heterocycles. The van der Waals surface area contributed by atoms with Crippen LogP contribution in [-0.2, 0) is 9.47 Å². The Bertz CT molecular complexity index is 621.